The molecule has 0 unspecified atom stereocenters. The van der Waals surface area contributed by atoms with Gasteiger partial charge in [0, 0.05) is 51.4 Å². The third-order valence-corrected chi connectivity index (χ3v) is 5.88. The minimum absolute atomic E-state index is 0. The highest BCUT2D eigenvalue weighted by Gasteiger charge is 2.23. The van der Waals surface area contributed by atoms with Crippen LogP contribution >= 0.6 is 24.8 Å². The SMILES string of the molecule is CNCCC1CCN(C(=O)c2cccc(CN3CCN(C)CC3)c2)CC1.Cl.Cl. The number of carbonyl (C=O) groups excluding carboxylic acids is 1. The van der Waals surface area contributed by atoms with E-state index in [1.165, 1.54) is 12.0 Å². The Morgan fingerprint density at radius 2 is 1.75 bits per heavy atom. The summed E-state index contributed by atoms with van der Waals surface area (Å²) in [6.45, 7) is 8.28. The molecule has 0 aromatic heterocycles. The Labute approximate surface area is 182 Å². The average molecular weight is 431 g/mol. The first-order valence-electron chi connectivity index (χ1n) is 10.1. The van der Waals surface area contributed by atoms with E-state index in [2.05, 4.69) is 34.3 Å². The van der Waals surface area contributed by atoms with Crippen LogP contribution in [0.2, 0.25) is 0 Å². The number of halogens is 2. The number of nitrogens with one attached hydrogen (secondary N) is 1. The predicted octanol–water partition coefficient (Wildman–Crippen LogP) is 2.74. The molecule has 0 bridgehead atoms. The summed E-state index contributed by atoms with van der Waals surface area (Å²) >= 11 is 0. The van der Waals surface area contributed by atoms with Gasteiger partial charge in [-0.15, -0.1) is 24.8 Å². The lowest BCUT2D eigenvalue weighted by atomic mass is 9.93. The minimum atomic E-state index is 0. The van der Waals surface area contributed by atoms with E-state index in [4.69, 9.17) is 0 Å². The molecule has 2 aliphatic heterocycles. The second kappa shape index (κ2) is 12.7. The smallest absolute Gasteiger partial charge is 0.253 e. The number of nitrogens with zero attached hydrogens (tertiary/aromatic N) is 3. The molecule has 0 spiro atoms. The highest BCUT2D eigenvalue weighted by atomic mass is 35.5. The van der Waals surface area contributed by atoms with Gasteiger partial charge in [0.15, 0.2) is 0 Å². The van der Waals surface area contributed by atoms with Crippen molar-refractivity contribution in [3.63, 3.8) is 0 Å². The Hall–Kier alpha value is -0.850. The van der Waals surface area contributed by atoms with Crippen LogP contribution < -0.4 is 5.32 Å². The summed E-state index contributed by atoms with van der Waals surface area (Å²) in [6, 6.07) is 8.27. The molecule has 2 fully saturated rings. The molecule has 1 aromatic carbocycles. The number of amides is 1. The van der Waals surface area contributed by atoms with Crippen LogP contribution in [0.4, 0.5) is 0 Å². The zero-order valence-electron chi connectivity index (χ0n) is 17.2. The first kappa shape index (κ1) is 25.2. The predicted molar refractivity (Wildman–Crippen MR) is 121 cm³/mol. The van der Waals surface area contributed by atoms with E-state index in [1.54, 1.807) is 0 Å². The van der Waals surface area contributed by atoms with Crippen LogP contribution in [0.5, 0.6) is 0 Å². The fraction of sp³-hybridized carbons (Fsp3) is 0.667. The van der Waals surface area contributed by atoms with Crippen molar-refractivity contribution in [3.8, 4) is 0 Å². The van der Waals surface area contributed by atoms with E-state index in [1.807, 2.05) is 24.1 Å². The van der Waals surface area contributed by atoms with Crippen molar-refractivity contribution in [2.24, 2.45) is 5.92 Å². The van der Waals surface area contributed by atoms with E-state index in [9.17, 15) is 4.79 Å². The largest absolute Gasteiger partial charge is 0.339 e. The first-order chi connectivity index (χ1) is 12.7. The summed E-state index contributed by atoms with van der Waals surface area (Å²) in [5.41, 5.74) is 2.11. The number of carbonyl (C=O) groups is 1. The van der Waals surface area contributed by atoms with Gasteiger partial charge in [-0.1, -0.05) is 12.1 Å². The molecule has 7 heteroatoms. The summed E-state index contributed by atoms with van der Waals surface area (Å²) in [5, 5.41) is 3.23. The molecule has 1 N–H and O–H groups in total. The lowest BCUT2D eigenvalue weighted by Crippen LogP contribution is -2.43. The molecule has 28 heavy (non-hydrogen) atoms. The lowest BCUT2D eigenvalue weighted by molar-refractivity contribution is 0.0687. The number of rotatable bonds is 6. The maximum atomic E-state index is 12.9. The quantitative estimate of drug-likeness (QED) is 0.752. The standard InChI is InChI=1S/C21H34N4O.2ClH/c1-22-9-6-18-7-10-25(11-8-18)21(26)20-5-3-4-19(16-20)17-24-14-12-23(2)13-15-24;;/h3-5,16,18,22H,6-15,17H2,1-2H3;2*1H. The summed E-state index contributed by atoms with van der Waals surface area (Å²) in [4.78, 5) is 19.8. The van der Waals surface area contributed by atoms with Crippen LogP contribution in [-0.2, 0) is 6.54 Å². The van der Waals surface area contributed by atoms with E-state index >= 15 is 0 Å². The fourth-order valence-electron chi connectivity index (χ4n) is 4.02. The van der Waals surface area contributed by atoms with E-state index in [0.29, 0.717) is 0 Å². The zero-order chi connectivity index (χ0) is 18.4. The van der Waals surface area contributed by atoms with E-state index in [-0.39, 0.29) is 30.7 Å². The Morgan fingerprint density at radius 3 is 2.39 bits per heavy atom. The number of piperidine rings is 1. The molecular weight excluding hydrogens is 395 g/mol. The monoisotopic (exact) mass is 430 g/mol. The first-order valence-corrected chi connectivity index (χ1v) is 10.1. The van der Waals surface area contributed by atoms with Crippen molar-refractivity contribution in [1.82, 2.24) is 20.0 Å². The minimum Gasteiger partial charge on any atom is -0.339 e. The number of hydrogen-bond acceptors (Lipinski definition) is 4. The summed E-state index contributed by atoms with van der Waals surface area (Å²) < 4.78 is 0. The normalized spacial score (nSPS) is 19.0. The number of hydrogen-bond donors (Lipinski definition) is 1. The Balaban J connectivity index is 0.00000196. The van der Waals surface area contributed by atoms with Crippen molar-refractivity contribution in [2.45, 2.75) is 25.8 Å². The van der Waals surface area contributed by atoms with Gasteiger partial charge < -0.3 is 15.1 Å². The number of likely N-dealkylation sites (N-methyl/N-ethyl adjacent to an activating group) is 1. The van der Waals surface area contributed by atoms with Gasteiger partial charge in [-0.2, -0.15) is 0 Å². The van der Waals surface area contributed by atoms with Gasteiger partial charge in [0.25, 0.3) is 5.91 Å². The van der Waals surface area contributed by atoms with Crippen molar-refractivity contribution in [2.75, 3.05) is 59.9 Å². The maximum absolute atomic E-state index is 12.9. The highest BCUT2D eigenvalue weighted by molar-refractivity contribution is 5.94. The summed E-state index contributed by atoms with van der Waals surface area (Å²) in [6.07, 6.45) is 3.49. The second-order valence-electron chi connectivity index (χ2n) is 7.91. The van der Waals surface area contributed by atoms with Gasteiger partial charge in [0.2, 0.25) is 0 Å². The topological polar surface area (TPSA) is 38.8 Å². The van der Waals surface area contributed by atoms with Gasteiger partial charge in [0.05, 0.1) is 0 Å². The third kappa shape index (κ3) is 7.20. The molecule has 0 aliphatic carbocycles. The van der Waals surface area contributed by atoms with Crippen LogP contribution in [0.15, 0.2) is 24.3 Å². The number of benzene rings is 1. The fourth-order valence-corrected chi connectivity index (χ4v) is 4.02. The molecule has 2 aliphatic rings. The number of likely N-dealkylation sites (tertiary alicyclic amines) is 1. The van der Waals surface area contributed by atoms with Gasteiger partial charge in [-0.05, 0) is 63.5 Å². The number of piperazine rings is 1. The molecule has 2 saturated heterocycles. The van der Waals surface area contributed by atoms with Crippen molar-refractivity contribution in [3.05, 3.63) is 35.4 Å². The van der Waals surface area contributed by atoms with Crippen LogP contribution in [0.25, 0.3) is 0 Å². The van der Waals surface area contributed by atoms with Crippen LogP contribution in [0.3, 0.4) is 0 Å². The zero-order valence-corrected chi connectivity index (χ0v) is 18.9. The Kier molecular flexibility index (Phi) is 11.4. The lowest BCUT2D eigenvalue weighted by Gasteiger charge is -2.33. The highest BCUT2D eigenvalue weighted by Crippen LogP contribution is 2.22. The summed E-state index contributed by atoms with van der Waals surface area (Å²) in [7, 11) is 4.19. The molecular formula is C21H36Cl2N4O. The maximum Gasteiger partial charge on any atom is 0.253 e. The van der Waals surface area contributed by atoms with Crippen molar-refractivity contribution >= 4 is 30.7 Å². The van der Waals surface area contributed by atoms with Gasteiger partial charge in [0.1, 0.15) is 0 Å². The van der Waals surface area contributed by atoms with Crippen molar-refractivity contribution < 1.29 is 4.79 Å². The van der Waals surface area contributed by atoms with Crippen LogP contribution in [-0.4, -0.2) is 80.5 Å². The molecule has 0 radical (unpaired) electrons. The van der Waals surface area contributed by atoms with Gasteiger partial charge >= 0.3 is 0 Å². The molecule has 2 heterocycles. The molecule has 1 amide bonds. The van der Waals surface area contributed by atoms with Crippen molar-refractivity contribution in [1.29, 1.82) is 0 Å². The molecule has 0 atom stereocenters. The molecule has 0 saturated carbocycles. The second-order valence-corrected chi connectivity index (χ2v) is 7.91. The van der Waals surface area contributed by atoms with E-state index in [0.717, 1.165) is 76.7 Å². The van der Waals surface area contributed by atoms with Gasteiger partial charge in [-0.25, -0.2) is 0 Å². The van der Waals surface area contributed by atoms with Crippen LogP contribution in [0.1, 0.15) is 35.2 Å². The average Bonchev–Trinajstić information content (AvgIpc) is 2.68. The van der Waals surface area contributed by atoms with E-state index < -0.39 is 0 Å². The molecule has 1 aromatic rings. The Morgan fingerprint density at radius 1 is 1.07 bits per heavy atom. The van der Waals surface area contributed by atoms with Gasteiger partial charge in [-0.3, -0.25) is 9.69 Å². The molecule has 5 nitrogen and oxygen atoms in total. The molecule has 160 valence electrons. The van der Waals surface area contributed by atoms with Crippen LogP contribution in [0, 0.1) is 5.92 Å². The Bertz CT molecular complexity index is 586. The molecule has 3 rings (SSSR count). The third-order valence-electron chi connectivity index (χ3n) is 5.88. The summed E-state index contributed by atoms with van der Waals surface area (Å²) in [5.74, 6) is 0.965.